The first-order valence-corrected chi connectivity index (χ1v) is 6.83. The lowest BCUT2D eigenvalue weighted by Gasteiger charge is -2.13. The van der Waals surface area contributed by atoms with Crippen molar-refractivity contribution in [1.29, 1.82) is 0 Å². The Morgan fingerprint density at radius 3 is 2.62 bits per heavy atom. The Labute approximate surface area is 126 Å². The van der Waals surface area contributed by atoms with Crippen molar-refractivity contribution in [2.45, 2.75) is 13.3 Å². The van der Waals surface area contributed by atoms with Gasteiger partial charge in [0.05, 0.1) is 23.0 Å². The molecule has 3 nitrogen and oxygen atoms in total. The fourth-order valence-electron chi connectivity index (χ4n) is 1.73. The molecule has 0 saturated carbocycles. The van der Waals surface area contributed by atoms with Crippen LogP contribution < -0.4 is 15.8 Å². The zero-order valence-electron chi connectivity index (χ0n) is 11.4. The molecule has 0 saturated heterocycles. The van der Waals surface area contributed by atoms with Crippen molar-refractivity contribution in [2.24, 2.45) is 0 Å². The Balaban J connectivity index is 2.28. The predicted molar refractivity (Wildman–Crippen MR) is 81.3 cm³/mol. The summed E-state index contributed by atoms with van der Waals surface area (Å²) in [6, 6.07) is 6.82. The SMILES string of the molecule is CCCOc1cc(Nc2ccc(F)c(Cl)c2)c(N)cc1F. The van der Waals surface area contributed by atoms with E-state index in [1.54, 1.807) is 0 Å². The van der Waals surface area contributed by atoms with Crippen LogP contribution >= 0.6 is 11.6 Å². The molecule has 0 heterocycles. The first-order valence-electron chi connectivity index (χ1n) is 6.45. The average molecular weight is 313 g/mol. The highest BCUT2D eigenvalue weighted by molar-refractivity contribution is 6.31. The van der Waals surface area contributed by atoms with Gasteiger partial charge in [0.1, 0.15) is 5.82 Å². The van der Waals surface area contributed by atoms with E-state index in [-0.39, 0.29) is 16.5 Å². The molecule has 0 bridgehead atoms. The molecule has 0 amide bonds. The van der Waals surface area contributed by atoms with Crippen LogP contribution in [0.2, 0.25) is 5.02 Å². The molecule has 3 N–H and O–H groups in total. The summed E-state index contributed by atoms with van der Waals surface area (Å²) in [5.41, 5.74) is 6.99. The first kappa shape index (κ1) is 15.4. The van der Waals surface area contributed by atoms with Crippen LogP contribution in [0.15, 0.2) is 30.3 Å². The second-order valence-corrected chi connectivity index (χ2v) is 4.88. The summed E-state index contributed by atoms with van der Waals surface area (Å²) >= 11 is 5.71. The number of rotatable bonds is 5. The lowest BCUT2D eigenvalue weighted by atomic mass is 10.2. The van der Waals surface area contributed by atoms with Crippen LogP contribution in [0, 0.1) is 11.6 Å². The van der Waals surface area contributed by atoms with E-state index in [1.165, 1.54) is 30.3 Å². The maximum absolute atomic E-state index is 13.7. The molecule has 0 aliphatic carbocycles. The van der Waals surface area contributed by atoms with Crippen molar-refractivity contribution < 1.29 is 13.5 Å². The standard InChI is InChI=1S/C15H15ClF2N2O/c1-2-5-21-15-8-14(13(19)7-12(15)18)20-9-3-4-11(17)10(16)6-9/h3-4,6-8,20H,2,5,19H2,1H3. The van der Waals surface area contributed by atoms with Crippen molar-refractivity contribution in [2.75, 3.05) is 17.7 Å². The molecule has 2 aromatic carbocycles. The lowest BCUT2D eigenvalue weighted by molar-refractivity contribution is 0.301. The van der Waals surface area contributed by atoms with Gasteiger partial charge in [-0.05, 0) is 24.6 Å². The van der Waals surface area contributed by atoms with Crippen LogP contribution in [-0.2, 0) is 0 Å². The molecule has 0 unspecified atom stereocenters. The van der Waals surface area contributed by atoms with Gasteiger partial charge in [-0.2, -0.15) is 0 Å². The van der Waals surface area contributed by atoms with Crippen molar-refractivity contribution >= 4 is 28.7 Å². The molecular weight excluding hydrogens is 298 g/mol. The summed E-state index contributed by atoms with van der Waals surface area (Å²) < 4.78 is 32.1. The van der Waals surface area contributed by atoms with E-state index < -0.39 is 11.6 Å². The zero-order chi connectivity index (χ0) is 15.4. The summed E-state index contributed by atoms with van der Waals surface area (Å²) in [5, 5.41) is 2.95. The minimum Gasteiger partial charge on any atom is -0.490 e. The van der Waals surface area contributed by atoms with Gasteiger partial charge < -0.3 is 15.8 Å². The molecule has 0 atom stereocenters. The van der Waals surface area contributed by atoms with E-state index in [9.17, 15) is 8.78 Å². The minimum absolute atomic E-state index is 0.0110. The molecule has 2 rings (SSSR count). The van der Waals surface area contributed by atoms with E-state index in [0.29, 0.717) is 18.0 Å². The molecule has 0 fully saturated rings. The maximum atomic E-state index is 13.7. The predicted octanol–water partition coefficient (Wildman–Crippen LogP) is 4.73. The van der Waals surface area contributed by atoms with Crippen molar-refractivity contribution in [1.82, 2.24) is 0 Å². The molecule has 0 spiro atoms. The highest BCUT2D eigenvalue weighted by Crippen LogP contribution is 2.31. The second kappa shape index (κ2) is 6.63. The number of nitrogens with two attached hydrogens (primary N) is 1. The Hall–Kier alpha value is -2.01. The van der Waals surface area contributed by atoms with Crippen molar-refractivity contribution in [3.63, 3.8) is 0 Å². The largest absolute Gasteiger partial charge is 0.490 e. The van der Waals surface area contributed by atoms with Gasteiger partial charge in [-0.1, -0.05) is 18.5 Å². The summed E-state index contributed by atoms with van der Waals surface area (Å²) in [7, 11) is 0. The average Bonchev–Trinajstić information content (AvgIpc) is 2.44. The van der Waals surface area contributed by atoms with Crippen molar-refractivity contribution in [3.8, 4) is 5.75 Å². The molecule has 0 aliphatic rings. The number of nitrogens with one attached hydrogen (secondary N) is 1. The lowest BCUT2D eigenvalue weighted by Crippen LogP contribution is -2.02. The van der Waals surface area contributed by atoms with Crippen LogP contribution in [-0.4, -0.2) is 6.61 Å². The van der Waals surface area contributed by atoms with Gasteiger partial charge in [0, 0.05) is 17.8 Å². The van der Waals surface area contributed by atoms with Crippen LogP contribution in [0.1, 0.15) is 13.3 Å². The highest BCUT2D eigenvalue weighted by Gasteiger charge is 2.10. The fourth-order valence-corrected chi connectivity index (χ4v) is 1.91. The molecule has 112 valence electrons. The summed E-state index contributed by atoms with van der Waals surface area (Å²) in [6.07, 6.45) is 0.764. The number of hydrogen-bond acceptors (Lipinski definition) is 3. The summed E-state index contributed by atoms with van der Waals surface area (Å²) in [4.78, 5) is 0. The van der Waals surface area contributed by atoms with E-state index >= 15 is 0 Å². The first-order chi connectivity index (χ1) is 10.0. The molecular formula is C15H15ClF2N2O. The third-order valence-corrected chi connectivity index (χ3v) is 3.05. The third kappa shape index (κ3) is 3.76. The summed E-state index contributed by atoms with van der Waals surface area (Å²) in [5.74, 6) is -0.924. The fraction of sp³-hybridized carbons (Fsp3) is 0.200. The van der Waals surface area contributed by atoms with Crippen LogP contribution in [0.25, 0.3) is 0 Å². The Kier molecular flexibility index (Phi) is 4.85. The van der Waals surface area contributed by atoms with E-state index in [2.05, 4.69) is 5.32 Å². The Morgan fingerprint density at radius 2 is 1.95 bits per heavy atom. The zero-order valence-corrected chi connectivity index (χ0v) is 12.2. The third-order valence-electron chi connectivity index (χ3n) is 2.76. The molecule has 0 radical (unpaired) electrons. The van der Waals surface area contributed by atoms with Crippen LogP contribution in [0.3, 0.4) is 0 Å². The number of ether oxygens (including phenoxy) is 1. The topological polar surface area (TPSA) is 47.3 Å². The van der Waals surface area contributed by atoms with Gasteiger partial charge >= 0.3 is 0 Å². The monoisotopic (exact) mass is 312 g/mol. The maximum Gasteiger partial charge on any atom is 0.167 e. The van der Waals surface area contributed by atoms with Crippen molar-refractivity contribution in [3.05, 3.63) is 47.0 Å². The Morgan fingerprint density at radius 1 is 1.19 bits per heavy atom. The molecule has 0 aliphatic heterocycles. The smallest absolute Gasteiger partial charge is 0.167 e. The molecule has 6 heteroatoms. The number of benzene rings is 2. The van der Waals surface area contributed by atoms with Gasteiger partial charge in [-0.25, -0.2) is 8.78 Å². The van der Waals surface area contributed by atoms with Crippen LogP contribution in [0.5, 0.6) is 5.75 Å². The highest BCUT2D eigenvalue weighted by atomic mass is 35.5. The van der Waals surface area contributed by atoms with E-state index in [1.807, 2.05) is 6.92 Å². The Bertz CT molecular complexity index is 650. The van der Waals surface area contributed by atoms with Gasteiger partial charge in [-0.3, -0.25) is 0 Å². The molecule has 0 aromatic heterocycles. The van der Waals surface area contributed by atoms with E-state index in [4.69, 9.17) is 22.1 Å². The number of halogens is 3. The van der Waals surface area contributed by atoms with Crippen LogP contribution in [0.4, 0.5) is 25.8 Å². The van der Waals surface area contributed by atoms with E-state index in [0.717, 1.165) is 6.42 Å². The normalized spacial score (nSPS) is 10.5. The number of hydrogen-bond donors (Lipinski definition) is 2. The number of anilines is 3. The van der Waals surface area contributed by atoms with Gasteiger partial charge in [0.25, 0.3) is 0 Å². The van der Waals surface area contributed by atoms with Gasteiger partial charge in [0.15, 0.2) is 11.6 Å². The van der Waals surface area contributed by atoms with Gasteiger partial charge in [0.2, 0.25) is 0 Å². The quantitative estimate of drug-likeness (QED) is 0.784. The molecule has 21 heavy (non-hydrogen) atoms. The minimum atomic E-state index is -0.524. The van der Waals surface area contributed by atoms with Gasteiger partial charge in [-0.15, -0.1) is 0 Å². The second-order valence-electron chi connectivity index (χ2n) is 4.47. The molecule has 2 aromatic rings. The number of nitrogen functional groups attached to an aromatic ring is 1. The summed E-state index contributed by atoms with van der Waals surface area (Å²) in [6.45, 7) is 2.33.